The van der Waals surface area contributed by atoms with Crippen LogP contribution in [0.15, 0.2) is 255 Å². The summed E-state index contributed by atoms with van der Waals surface area (Å²) in [7, 11) is 0. The molecule has 0 amide bonds. The molecule has 10 rings (SSSR count). The summed E-state index contributed by atoms with van der Waals surface area (Å²) in [5.74, 6) is 0. The summed E-state index contributed by atoms with van der Waals surface area (Å²) in [4.78, 5) is 0. The largest absolute Gasteiger partial charge is 0.0622 e. The van der Waals surface area contributed by atoms with Gasteiger partial charge in [0, 0.05) is 0 Å². The molecule has 0 aliphatic carbocycles. The van der Waals surface area contributed by atoms with Crippen LogP contribution in [0.5, 0.6) is 0 Å². The lowest BCUT2D eigenvalue weighted by molar-refractivity contribution is 1.19. The Hall–Kier alpha value is -8.58. The van der Waals surface area contributed by atoms with Gasteiger partial charge in [-0.15, -0.1) is 0 Å². The number of rotatable bonds is 14. The summed E-state index contributed by atoms with van der Waals surface area (Å²) in [6.07, 6.45) is 15.4. The Bertz CT molecular complexity index is 3110. The molecule has 0 heterocycles. The average Bonchev–Trinajstić information content (AvgIpc) is 3.41. The van der Waals surface area contributed by atoms with E-state index in [0.717, 1.165) is 24.0 Å². The minimum Gasteiger partial charge on any atom is -0.0622 e. The quantitative estimate of drug-likeness (QED) is 0.0955. The van der Waals surface area contributed by atoms with Crippen LogP contribution in [0.1, 0.15) is 77.9 Å². The molecular formula is C68H52. The van der Waals surface area contributed by atoms with Gasteiger partial charge in [0.25, 0.3) is 0 Å². The molecule has 0 bridgehead atoms. The zero-order chi connectivity index (χ0) is 45.7. The minimum atomic E-state index is 0.927. The molecule has 0 aliphatic heterocycles. The van der Waals surface area contributed by atoms with Crippen LogP contribution < -0.4 is 0 Å². The Morgan fingerprint density at radius 2 is 0.529 bits per heavy atom. The predicted octanol–water partition coefficient (Wildman–Crippen LogP) is 17.5. The number of benzene rings is 10. The Morgan fingerprint density at radius 1 is 0.235 bits per heavy atom. The molecule has 0 fully saturated rings. The summed E-state index contributed by atoms with van der Waals surface area (Å²) in [6.45, 7) is 0. The van der Waals surface area contributed by atoms with E-state index in [1.54, 1.807) is 0 Å². The van der Waals surface area contributed by atoms with Gasteiger partial charge in [0.05, 0.1) is 0 Å². The highest BCUT2D eigenvalue weighted by atomic mass is 14.1. The first-order chi connectivity index (χ1) is 33.7. The molecule has 0 radical (unpaired) electrons. The smallest absolute Gasteiger partial charge is 0.00258 e. The fraction of sp³-hybridized carbons (Fsp3) is 0.0294. The molecular weight excluding hydrogens is 817 g/mol. The highest BCUT2D eigenvalue weighted by Crippen LogP contribution is 2.31. The molecule has 324 valence electrons. The van der Waals surface area contributed by atoms with Crippen molar-refractivity contribution in [2.45, 2.75) is 12.8 Å². The molecule has 0 nitrogen and oxygen atoms in total. The maximum atomic E-state index is 2.30. The first-order valence-electron chi connectivity index (χ1n) is 23.6. The van der Waals surface area contributed by atoms with Crippen LogP contribution >= 0.6 is 0 Å². The van der Waals surface area contributed by atoms with Gasteiger partial charge < -0.3 is 0 Å². The Labute approximate surface area is 401 Å². The van der Waals surface area contributed by atoms with Crippen molar-refractivity contribution in [2.75, 3.05) is 0 Å². The zero-order valence-electron chi connectivity index (χ0n) is 38.1. The Kier molecular flexibility index (Phi) is 13.5. The fourth-order valence-corrected chi connectivity index (χ4v) is 8.92. The molecule has 0 heteroatoms. The molecule has 10 aromatic carbocycles. The van der Waals surface area contributed by atoms with Gasteiger partial charge >= 0.3 is 0 Å². The van der Waals surface area contributed by atoms with E-state index in [-0.39, 0.29) is 0 Å². The second-order valence-corrected chi connectivity index (χ2v) is 17.4. The molecule has 0 saturated carbocycles. The topological polar surface area (TPSA) is 0 Å². The Morgan fingerprint density at radius 3 is 0.897 bits per heavy atom. The Balaban J connectivity index is 0.839. The lowest BCUT2D eigenvalue weighted by atomic mass is 9.94. The molecule has 0 atom stereocenters. The molecule has 0 aromatic heterocycles. The number of hydrogen-bond donors (Lipinski definition) is 0. The van der Waals surface area contributed by atoms with Gasteiger partial charge in [-0.25, -0.2) is 0 Å². The van der Waals surface area contributed by atoms with Gasteiger partial charge in [-0.1, -0.05) is 279 Å². The highest BCUT2D eigenvalue weighted by molar-refractivity contribution is 5.99. The normalized spacial score (nSPS) is 12.0. The van der Waals surface area contributed by atoms with Crippen LogP contribution in [0.3, 0.4) is 0 Å². The van der Waals surface area contributed by atoms with Gasteiger partial charge in [-0.3, -0.25) is 0 Å². The maximum absolute atomic E-state index is 2.30. The van der Waals surface area contributed by atoms with Crippen molar-refractivity contribution in [1.82, 2.24) is 0 Å². The van der Waals surface area contributed by atoms with Crippen LogP contribution in [0, 0.1) is 0 Å². The van der Waals surface area contributed by atoms with Crippen molar-refractivity contribution < 1.29 is 0 Å². The number of fused-ring (bicyclic) bond motifs is 1. The van der Waals surface area contributed by atoms with Crippen LogP contribution in [0.4, 0.5) is 0 Å². The van der Waals surface area contributed by atoms with E-state index in [4.69, 9.17) is 0 Å². The zero-order valence-corrected chi connectivity index (χ0v) is 38.1. The van der Waals surface area contributed by atoms with E-state index >= 15 is 0 Å². The third kappa shape index (κ3) is 10.9. The van der Waals surface area contributed by atoms with E-state index < -0.39 is 0 Å². The van der Waals surface area contributed by atoms with E-state index in [9.17, 15) is 0 Å². The third-order valence-electron chi connectivity index (χ3n) is 12.6. The van der Waals surface area contributed by atoms with Crippen molar-refractivity contribution in [3.05, 3.63) is 333 Å². The molecule has 0 saturated heterocycles. The molecule has 0 spiro atoms. The highest BCUT2D eigenvalue weighted by Gasteiger charge is 2.09. The monoisotopic (exact) mass is 868 g/mol. The lowest BCUT2D eigenvalue weighted by Gasteiger charge is -2.11. The van der Waals surface area contributed by atoms with Gasteiger partial charge in [0.2, 0.25) is 0 Å². The SMILES string of the molecule is C(=Cc1ccc(C=Cc2ccc(C=C(c3ccccc3)c3ccc(Cc4ccccc4)cc3)cc2)c2ccccc12)c1ccc(C=C(c2ccccc2)c2ccc(Cc3ccccc3)cc2)cc1. The van der Waals surface area contributed by atoms with Crippen molar-refractivity contribution in [1.29, 1.82) is 0 Å². The van der Waals surface area contributed by atoms with Gasteiger partial charge in [0.15, 0.2) is 0 Å². The lowest BCUT2D eigenvalue weighted by Crippen LogP contribution is -1.91. The van der Waals surface area contributed by atoms with Crippen LogP contribution in [0.2, 0.25) is 0 Å². The van der Waals surface area contributed by atoms with Crippen molar-refractivity contribution in [3.8, 4) is 0 Å². The molecule has 0 unspecified atom stereocenters. The van der Waals surface area contributed by atoms with Crippen molar-refractivity contribution >= 4 is 58.4 Å². The van der Waals surface area contributed by atoms with Crippen LogP contribution in [-0.4, -0.2) is 0 Å². The van der Waals surface area contributed by atoms with Gasteiger partial charge in [-0.2, -0.15) is 0 Å². The van der Waals surface area contributed by atoms with E-state index in [0.29, 0.717) is 0 Å². The summed E-state index contributed by atoms with van der Waals surface area (Å²) in [5.41, 5.74) is 19.5. The average molecular weight is 869 g/mol. The summed E-state index contributed by atoms with van der Waals surface area (Å²) < 4.78 is 0. The standard InChI is InChI=1S/C68H52/c1-5-15-53(16-6-1)47-55-35-41-63(42-36-55)67(59-19-9-3-10-20-59)49-57-29-25-51(26-30-57)33-39-61-45-46-62(66-24-14-13-23-65(61)66)40-34-52-27-31-58(32-28-52)50-68(60-21-11-4-12-22-60)64-43-37-56(38-44-64)48-54-17-7-2-8-18-54/h1-46,49-50H,47-48H2. The summed E-state index contributed by atoms with van der Waals surface area (Å²) in [6, 6.07) is 91.6. The van der Waals surface area contributed by atoms with E-state index in [1.165, 1.54) is 88.7 Å². The molecule has 0 N–H and O–H groups in total. The van der Waals surface area contributed by atoms with Crippen LogP contribution in [-0.2, 0) is 12.8 Å². The first-order valence-corrected chi connectivity index (χ1v) is 23.6. The van der Waals surface area contributed by atoms with E-state index in [1.807, 2.05) is 0 Å². The van der Waals surface area contributed by atoms with E-state index in [2.05, 4.69) is 291 Å². The third-order valence-corrected chi connectivity index (χ3v) is 12.6. The second kappa shape index (κ2) is 21.2. The summed E-state index contributed by atoms with van der Waals surface area (Å²) in [5, 5.41) is 2.46. The van der Waals surface area contributed by atoms with Crippen molar-refractivity contribution in [2.24, 2.45) is 0 Å². The maximum Gasteiger partial charge on any atom is -0.00258 e. The van der Waals surface area contributed by atoms with Crippen LogP contribution in [0.25, 0.3) is 58.4 Å². The van der Waals surface area contributed by atoms with Gasteiger partial charge in [-0.05, 0) is 125 Å². The fourth-order valence-electron chi connectivity index (χ4n) is 8.92. The number of hydrogen-bond acceptors (Lipinski definition) is 0. The first kappa shape index (κ1) is 43.3. The van der Waals surface area contributed by atoms with Gasteiger partial charge in [0.1, 0.15) is 0 Å². The predicted molar refractivity (Wildman–Crippen MR) is 293 cm³/mol. The minimum absolute atomic E-state index is 0.927. The second-order valence-electron chi connectivity index (χ2n) is 17.4. The molecule has 0 aliphatic rings. The molecule has 10 aromatic rings. The molecule has 68 heavy (non-hydrogen) atoms. The van der Waals surface area contributed by atoms with Crippen molar-refractivity contribution in [3.63, 3.8) is 0 Å². The summed E-state index contributed by atoms with van der Waals surface area (Å²) >= 11 is 0.